The van der Waals surface area contributed by atoms with Gasteiger partial charge in [0.1, 0.15) is 0 Å². The van der Waals surface area contributed by atoms with Crippen LogP contribution in [0.3, 0.4) is 0 Å². The van der Waals surface area contributed by atoms with Gasteiger partial charge in [0, 0.05) is 17.2 Å². The van der Waals surface area contributed by atoms with Crippen molar-refractivity contribution in [1.29, 1.82) is 0 Å². The van der Waals surface area contributed by atoms with Crippen LogP contribution in [0.4, 0.5) is 11.4 Å². The predicted octanol–water partition coefficient (Wildman–Crippen LogP) is 4.76. The third-order valence-corrected chi connectivity index (χ3v) is 6.75. The lowest BCUT2D eigenvalue weighted by Gasteiger charge is -2.20. The number of hydrogen-bond acceptors (Lipinski definition) is 3. The summed E-state index contributed by atoms with van der Waals surface area (Å²) in [6, 6.07) is 21.0. The Kier molecular flexibility index (Phi) is 6.39. The molecule has 0 fully saturated rings. The van der Waals surface area contributed by atoms with E-state index in [0.717, 1.165) is 15.6 Å². The number of carbonyl (C=O) groups is 1. The Bertz CT molecular complexity index is 1110. The Morgan fingerprint density at radius 2 is 1.66 bits per heavy atom. The normalized spacial score (nSPS) is 11.1. The van der Waals surface area contributed by atoms with Gasteiger partial charge in [0.05, 0.1) is 17.0 Å². The van der Waals surface area contributed by atoms with E-state index in [-0.39, 0.29) is 17.2 Å². The van der Waals surface area contributed by atoms with Gasteiger partial charge in [-0.25, -0.2) is 8.42 Å². The lowest BCUT2D eigenvalue weighted by atomic mass is 10.1. The van der Waals surface area contributed by atoms with Crippen molar-refractivity contribution < 1.29 is 13.2 Å². The number of rotatable bonds is 6. The van der Waals surface area contributed by atoms with Crippen molar-refractivity contribution in [3.8, 4) is 0 Å². The molecular formula is C22H21BrN2O3S. The van der Waals surface area contributed by atoms with Crippen LogP contribution in [0.1, 0.15) is 11.1 Å². The Balaban J connectivity index is 1.69. The number of benzene rings is 3. The monoisotopic (exact) mass is 472 g/mol. The van der Waals surface area contributed by atoms with E-state index in [1.807, 2.05) is 31.2 Å². The highest BCUT2D eigenvalue weighted by Gasteiger charge is 2.21. The average Bonchev–Trinajstić information content (AvgIpc) is 2.68. The Labute approximate surface area is 179 Å². The minimum absolute atomic E-state index is 0.142. The summed E-state index contributed by atoms with van der Waals surface area (Å²) in [6.07, 6.45) is 0.196. The topological polar surface area (TPSA) is 66.5 Å². The number of sulfonamides is 1. The van der Waals surface area contributed by atoms with E-state index >= 15 is 0 Å². The molecule has 1 N–H and O–H groups in total. The van der Waals surface area contributed by atoms with Crippen LogP contribution in [0.25, 0.3) is 0 Å². The molecular weight excluding hydrogens is 452 g/mol. The van der Waals surface area contributed by atoms with E-state index in [1.165, 1.54) is 11.4 Å². The lowest BCUT2D eigenvalue weighted by Crippen LogP contribution is -2.26. The van der Waals surface area contributed by atoms with Crippen LogP contribution in [0.5, 0.6) is 0 Å². The van der Waals surface area contributed by atoms with Crippen LogP contribution < -0.4 is 9.62 Å². The maximum atomic E-state index is 12.8. The number of halogens is 1. The Morgan fingerprint density at radius 3 is 2.28 bits per heavy atom. The highest BCUT2D eigenvalue weighted by atomic mass is 79.9. The Hall–Kier alpha value is -2.64. The van der Waals surface area contributed by atoms with Crippen molar-refractivity contribution in [2.75, 3.05) is 16.7 Å². The first-order valence-corrected chi connectivity index (χ1v) is 11.2. The number of carbonyl (C=O) groups excluding carboxylic acids is 1. The molecule has 29 heavy (non-hydrogen) atoms. The standard InChI is InChI=1S/C22H21BrN2O3S/c1-16-6-12-21(13-7-16)29(27,28)25(2)20-10-8-17(9-11-20)14-22(26)24-19-5-3-4-18(23)15-19/h3-13,15H,14H2,1-2H3,(H,24,26). The molecule has 0 saturated heterocycles. The third kappa shape index (κ3) is 5.25. The van der Waals surface area contributed by atoms with Crippen molar-refractivity contribution in [3.05, 3.63) is 88.4 Å². The van der Waals surface area contributed by atoms with E-state index in [0.29, 0.717) is 11.4 Å². The molecule has 3 aromatic carbocycles. The summed E-state index contributed by atoms with van der Waals surface area (Å²) < 4.78 is 27.7. The second-order valence-corrected chi connectivity index (χ2v) is 9.57. The largest absolute Gasteiger partial charge is 0.326 e. The van der Waals surface area contributed by atoms with Crippen molar-refractivity contribution >= 4 is 43.2 Å². The average molecular weight is 473 g/mol. The van der Waals surface area contributed by atoms with Gasteiger partial charge in [0.25, 0.3) is 10.0 Å². The maximum absolute atomic E-state index is 12.8. The fourth-order valence-electron chi connectivity index (χ4n) is 2.79. The number of nitrogens with one attached hydrogen (secondary N) is 1. The molecule has 0 radical (unpaired) electrons. The smallest absolute Gasteiger partial charge is 0.264 e. The van der Waals surface area contributed by atoms with Crippen LogP contribution >= 0.6 is 15.9 Å². The molecule has 0 bridgehead atoms. The van der Waals surface area contributed by atoms with Crippen molar-refractivity contribution in [2.45, 2.75) is 18.2 Å². The summed E-state index contributed by atoms with van der Waals surface area (Å²) in [5.41, 5.74) is 3.03. The van der Waals surface area contributed by atoms with E-state index in [2.05, 4.69) is 21.2 Å². The molecule has 5 nitrogen and oxygen atoms in total. The predicted molar refractivity (Wildman–Crippen MR) is 120 cm³/mol. The molecule has 150 valence electrons. The molecule has 3 aromatic rings. The van der Waals surface area contributed by atoms with E-state index in [9.17, 15) is 13.2 Å². The van der Waals surface area contributed by atoms with Gasteiger partial charge >= 0.3 is 0 Å². The molecule has 3 rings (SSSR count). The number of aryl methyl sites for hydroxylation is 1. The van der Waals surface area contributed by atoms with E-state index in [4.69, 9.17) is 0 Å². The van der Waals surface area contributed by atoms with E-state index < -0.39 is 10.0 Å². The van der Waals surface area contributed by atoms with Gasteiger partial charge in [0.15, 0.2) is 0 Å². The fourth-order valence-corrected chi connectivity index (χ4v) is 4.38. The number of nitrogens with zero attached hydrogens (tertiary/aromatic N) is 1. The highest BCUT2D eigenvalue weighted by Crippen LogP contribution is 2.23. The van der Waals surface area contributed by atoms with Gasteiger partial charge < -0.3 is 5.32 Å². The summed E-state index contributed by atoms with van der Waals surface area (Å²) in [5, 5.41) is 2.84. The first kappa shape index (κ1) is 21.1. The number of anilines is 2. The molecule has 0 aliphatic rings. The second kappa shape index (κ2) is 8.80. The van der Waals surface area contributed by atoms with Crippen LogP contribution in [-0.2, 0) is 21.2 Å². The molecule has 1 amide bonds. The summed E-state index contributed by atoms with van der Waals surface area (Å²) >= 11 is 3.37. The maximum Gasteiger partial charge on any atom is 0.264 e. The minimum Gasteiger partial charge on any atom is -0.326 e. The van der Waals surface area contributed by atoms with Crippen LogP contribution in [0, 0.1) is 6.92 Å². The summed E-state index contributed by atoms with van der Waals surface area (Å²) in [4.78, 5) is 12.5. The van der Waals surface area contributed by atoms with Crippen molar-refractivity contribution in [1.82, 2.24) is 0 Å². The molecule has 7 heteroatoms. The SMILES string of the molecule is Cc1ccc(S(=O)(=O)N(C)c2ccc(CC(=O)Nc3cccc(Br)c3)cc2)cc1. The van der Waals surface area contributed by atoms with Gasteiger partial charge in [0.2, 0.25) is 5.91 Å². The Morgan fingerprint density at radius 1 is 1.00 bits per heavy atom. The number of hydrogen-bond donors (Lipinski definition) is 1. The molecule has 0 aliphatic heterocycles. The van der Waals surface area contributed by atoms with Crippen molar-refractivity contribution in [2.24, 2.45) is 0 Å². The van der Waals surface area contributed by atoms with Gasteiger partial charge in [-0.2, -0.15) is 0 Å². The summed E-state index contributed by atoms with van der Waals surface area (Å²) in [6.45, 7) is 1.91. The minimum atomic E-state index is -3.64. The van der Waals surface area contributed by atoms with E-state index in [1.54, 1.807) is 48.5 Å². The fraction of sp³-hybridized carbons (Fsp3) is 0.136. The first-order chi connectivity index (χ1) is 13.8. The number of amides is 1. The van der Waals surface area contributed by atoms with Gasteiger partial charge in [-0.05, 0) is 55.0 Å². The molecule has 0 spiro atoms. The molecule has 0 aromatic heterocycles. The van der Waals surface area contributed by atoms with Crippen LogP contribution in [0.2, 0.25) is 0 Å². The zero-order chi connectivity index (χ0) is 21.0. The summed E-state index contributed by atoms with van der Waals surface area (Å²) in [7, 11) is -2.12. The zero-order valence-electron chi connectivity index (χ0n) is 16.1. The quantitative estimate of drug-likeness (QED) is 0.561. The molecule has 0 saturated carbocycles. The highest BCUT2D eigenvalue weighted by molar-refractivity contribution is 9.10. The molecule has 0 heterocycles. The van der Waals surface area contributed by atoms with Gasteiger partial charge in [-0.3, -0.25) is 9.10 Å². The van der Waals surface area contributed by atoms with Gasteiger partial charge in [-0.15, -0.1) is 0 Å². The molecule has 0 aliphatic carbocycles. The first-order valence-electron chi connectivity index (χ1n) is 8.96. The lowest BCUT2D eigenvalue weighted by molar-refractivity contribution is -0.115. The molecule has 0 atom stereocenters. The summed E-state index contributed by atoms with van der Waals surface area (Å²) in [5.74, 6) is -0.142. The van der Waals surface area contributed by atoms with Gasteiger partial charge in [-0.1, -0.05) is 51.8 Å². The van der Waals surface area contributed by atoms with Crippen LogP contribution in [-0.4, -0.2) is 21.4 Å². The van der Waals surface area contributed by atoms with Crippen molar-refractivity contribution in [3.63, 3.8) is 0 Å². The van der Waals surface area contributed by atoms with Crippen LogP contribution in [0.15, 0.2) is 82.2 Å². The second-order valence-electron chi connectivity index (χ2n) is 6.69. The third-order valence-electron chi connectivity index (χ3n) is 4.45. The zero-order valence-corrected chi connectivity index (χ0v) is 18.5. The molecule has 0 unspecified atom stereocenters.